The Morgan fingerprint density at radius 3 is 2.38 bits per heavy atom. The van der Waals surface area contributed by atoms with Gasteiger partial charge in [0.15, 0.2) is 0 Å². The van der Waals surface area contributed by atoms with Crippen LogP contribution in [0.2, 0.25) is 0 Å². The molecule has 0 atom stereocenters. The Morgan fingerprint density at radius 2 is 2.25 bits per heavy atom. The summed E-state index contributed by atoms with van der Waals surface area (Å²) < 4.78 is 0. The molecule has 1 heteroatoms. The van der Waals surface area contributed by atoms with E-state index in [4.69, 9.17) is 5.73 Å². The highest BCUT2D eigenvalue weighted by molar-refractivity contribution is 5.08. The molecule has 0 heterocycles. The largest absolute Gasteiger partial charge is 0.330 e. The van der Waals surface area contributed by atoms with Gasteiger partial charge < -0.3 is 5.73 Å². The summed E-state index contributed by atoms with van der Waals surface area (Å²) in [6.45, 7) is 2.88. The van der Waals surface area contributed by atoms with Gasteiger partial charge >= 0.3 is 0 Å². The second kappa shape index (κ2) is 1.90. The Morgan fingerprint density at radius 1 is 1.62 bits per heavy atom. The molecule has 0 saturated heterocycles. The van der Waals surface area contributed by atoms with Gasteiger partial charge in [0.1, 0.15) is 0 Å². The van der Waals surface area contributed by atoms with Crippen molar-refractivity contribution in [1.82, 2.24) is 0 Å². The van der Waals surface area contributed by atoms with Gasteiger partial charge in [0.2, 0.25) is 0 Å². The molecule has 1 aliphatic rings. The zero-order valence-corrected chi connectivity index (χ0v) is 5.35. The minimum absolute atomic E-state index is 0.439. The fourth-order valence-corrected chi connectivity index (χ4v) is 0.953. The average Bonchev–Trinajstić information content (AvgIpc) is 2.50. The fourth-order valence-electron chi connectivity index (χ4n) is 0.953. The van der Waals surface area contributed by atoms with Gasteiger partial charge in [0.05, 0.1) is 0 Å². The molecule has 0 aromatic rings. The summed E-state index contributed by atoms with van der Waals surface area (Å²) in [5, 5.41) is 0. The van der Waals surface area contributed by atoms with Crippen LogP contribution in [0.25, 0.3) is 0 Å². The Labute approximate surface area is 50.6 Å². The molecule has 0 aromatic carbocycles. The zero-order valence-electron chi connectivity index (χ0n) is 5.35. The smallest absolute Gasteiger partial charge is 0.00142 e. The summed E-state index contributed by atoms with van der Waals surface area (Å²) in [4.78, 5) is 0. The van der Waals surface area contributed by atoms with Crippen LogP contribution < -0.4 is 5.73 Å². The molecule has 0 radical (unpaired) electrons. The van der Waals surface area contributed by atoms with Crippen molar-refractivity contribution in [2.75, 3.05) is 6.54 Å². The minimum atomic E-state index is 0.439. The predicted octanol–water partition coefficient (Wildman–Crippen LogP) is 1.30. The summed E-state index contributed by atoms with van der Waals surface area (Å²) in [7, 11) is 0. The minimum Gasteiger partial charge on any atom is -0.330 e. The highest BCUT2D eigenvalue weighted by atomic mass is 14.6. The number of allylic oxidation sites excluding steroid dienone is 1. The lowest BCUT2D eigenvalue weighted by molar-refractivity contribution is 0.666. The third-order valence-corrected chi connectivity index (χ3v) is 1.82. The first-order valence-electron chi connectivity index (χ1n) is 3.17. The maximum Gasteiger partial charge on any atom is 0.00142 e. The molecule has 0 aliphatic heterocycles. The first-order valence-corrected chi connectivity index (χ1v) is 3.17. The van der Waals surface area contributed by atoms with E-state index in [2.05, 4.69) is 19.1 Å². The zero-order chi connectivity index (χ0) is 6.04. The van der Waals surface area contributed by atoms with Crippen LogP contribution >= 0.6 is 0 Å². The summed E-state index contributed by atoms with van der Waals surface area (Å²) in [6.07, 6.45) is 6.93. The van der Waals surface area contributed by atoms with E-state index < -0.39 is 0 Å². The molecule has 2 N–H and O–H groups in total. The van der Waals surface area contributed by atoms with E-state index in [1.54, 1.807) is 0 Å². The molecule has 1 fully saturated rings. The van der Waals surface area contributed by atoms with Gasteiger partial charge in [-0.1, -0.05) is 12.2 Å². The van der Waals surface area contributed by atoms with E-state index in [0.29, 0.717) is 5.41 Å². The Kier molecular flexibility index (Phi) is 1.39. The number of nitrogens with two attached hydrogens (primary N) is 1. The van der Waals surface area contributed by atoms with Crippen LogP contribution in [0.5, 0.6) is 0 Å². The normalized spacial score (nSPS) is 24.2. The topological polar surface area (TPSA) is 26.0 Å². The van der Waals surface area contributed by atoms with E-state index in [1.807, 2.05) is 0 Å². The molecular weight excluding hydrogens is 98.1 g/mol. The van der Waals surface area contributed by atoms with Crippen LogP contribution in [0.1, 0.15) is 19.8 Å². The molecule has 8 heavy (non-hydrogen) atoms. The predicted molar refractivity (Wildman–Crippen MR) is 35.5 cm³/mol. The summed E-state index contributed by atoms with van der Waals surface area (Å²) in [6, 6.07) is 0. The fraction of sp³-hybridized carbons (Fsp3) is 0.714. The Bertz CT molecular complexity index is 101. The quantitative estimate of drug-likeness (QED) is 0.534. The molecule has 1 rings (SSSR count). The highest BCUT2D eigenvalue weighted by Gasteiger charge is 2.37. The lowest BCUT2D eigenvalue weighted by atomic mass is 10.1. The molecule has 0 spiro atoms. The van der Waals surface area contributed by atoms with Crippen LogP contribution in [0.4, 0.5) is 0 Å². The van der Waals surface area contributed by atoms with Crippen molar-refractivity contribution in [1.29, 1.82) is 0 Å². The third-order valence-electron chi connectivity index (χ3n) is 1.82. The standard InChI is InChI=1S/C7H13N/c1-2-3-7(6-8)4-5-7/h2-3H,4-6,8H2,1H3/b3-2-. The highest BCUT2D eigenvalue weighted by Crippen LogP contribution is 2.45. The monoisotopic (exact) mass is 111 g/mol. The van der Waals surface area contributed by atoms with Gasteiger partial charge in [-0.25, -0.2) is 0 Å². The van der Waals surface area contributed by atoms with Gasteiger partial charge in [0, 0.05) is 12.0 Å². The number of rotatable bonds is 2. The summed E-state index contributed by atoms with van der Waals surface area (Å²) in [5.74, 6) is 0. The van der Waals surface area contributed by atoms with E-state index in [0.717, 1.165) is 6.54 Å². The average molecular weight is 111 g/mol. The second-order valence-electron chi connectivity index (χ2n) is 2.57. The van der Waals surface area contributed by atoms with Crippen LogP contribution in [0.3, 0.4) is 0 Å². The lowest BCUT2D eigenvalue weighted by Crippen LogP contribution is -2.11. The third kappa shape index (κ3) is 0.920. The molecule has 1 aliphatic carbocycles. The number of hydrogen-bond acceptors (Lipinski definition) is 1. The van der Waals surface area contributed by atoms with Crippen molar-refractivity contribution < 1.29 is 0 Å². The molecule has 46 valence electrons. The van der Waals surface area contributed by atoms with E-state index in [9.17, 15) is 0 Å². The Balaban J connectivity index is 2.41. The van der Waals surface area contributed by atoms with Crippen molar-refractivity contribution in [3.63, 3.8) is 0 Å². The maximum atomic E-state index is 5.50. The van der Waals surface area contributed by atoms with Crippen molar-refractivity contribution in [3.8, 4) is 0 Å². The molecule has 0 amide bonds. The van der Waals surface area contributed by atoms with Crippen LogP contribution in [0, 0.1) is 5.41 Å². The number of hydrogen-bond donors (Lipinski definition) is 1. The lowest BCUT2D eigenvalue weighted by Gasteiger charge is -2.01. The van der Waals surface area contributed by atoms with Gasteiger partial charge in [-0.3, -0.25) is 0 Å². The summed E-state index contributed by atoms with van der Waals surface area (Å²) >= 11 is 0. The van der Waals surface area contributed by atoms with Crippen molar-refractivity contribution in [2.45, 2.75) is 19.8 Å². The molecular formula is C7H13N. The van der Waals surface area contributed by atoms with E-state index in [1.165, 1.54) is 12.8 Å². The summed E-state index contributed by atoms with van der Waals surface area (Å²) in [5.41, 5.74) is 5.94. The molecule has 0 bridgehead atoms. The molecule has 0 aromatic heterocycles. The van der Waals surface area contributed by atoms with Gasteiger partial charge in [0.25, 0.3) is 0 Å². The second-order valence-corrected chi connectivity index (χ2v) is 2.57. The van der Waals surface area contributed by atoms with Crippen LogP contribution in [-0.2, 0) is 0 Å². The first kappa shape index (κ1) is 5.83. The molecule has 1 nitrogen and oxygen atoms in total. The van der Waals surface area contributed by atoms with Crippen molar-refractivity contribution >= 4 is 0 Å². The Hall–Kier alpha value is -0.300. The van der Waals surface area contributed by atoms with Crippen LogP contribution in [-0.4, -0.2) is 6.54 Å². The van der Waals surface area contributed by atoms with E-state index in [-0.39, 0.29) is 0 Å². The van der Waals surface area contributed by atoms with Crippen molar-refractivity contribution in [3.05, 3.63) is 12.2 Å². The van der Waals surface area contributed by atoms with Gasteiger partial charge in [-0.2, -0.15) is 0 Å². The van der Waals surface area contributed by atoms with Crippen LogP contribution in [0.15, 0.2) is 12.2 Å². The molecule has 0 unspecified atom stereocenters. The van der Waals surface area contributed by atoms with Crippen molar-refractivity contribution in [2.24, 2.45) is 11.1 Å². The van der Waals surface area contributed by atoms with E-state index >= 15 is 0 Å². The van der Waals surface area contributed by atoms with Gasteiger partial charge in [-0.15, -0.1) is 0 Å². The molecule has 1 saturated carbocycles. The first-order chi connectivity index (χ1) is 3.83. The maximum absolute atomic E-state index is 5.50. The SMILES string of the molecule is C/C=C\C1(CN)CC1. The van der Waals surface area contributed by atoms with Gasteiger partial charge in [-0.05, 0) is 19.8 Å².